The zero-order valence-electron chi connectivity index (χ0n) is 11.4. The second-order valence-electron chi connectivity index (χ2n) is 4.07. The maximum Gasteiger partial charge on any atom is 0.435 e. The van der Waals surface area contributed by atoms with Gasteiger partial charge < -0.3 is 14.6 Å². The second kappa shape index (κ2) is 5.84. The van der Waals surface area contributed by atoms with E-state index in [1.165, 1.54) is 32.4 Å². The van der Waals surface area contributed by atoms with Crippen molar-refractivity contribution in [2.75, 3.05) is 14.2 Å². The number of alkyl halides is 3. The van der Waals surface area contributed by atoms with E-state index in [-0.39, 0.29) is 5.01 Å². The number of carbonyl (C=O) groups is 1. The highest BCUT2D eigenvalue weighted by molar-refractivity contribution is 7.17. The van der Waals surface area contributed by atoms with E-state index in [0.29, 0.717) is 28.4 Å². The minimum absolute atomic E-state index is 0.0642. The SMILES string of the molecule is COc1ccc(-c2nc(C(F)(F)F)c(C(=O)O)s2)cc1OC. The largest absolute Gasteiger partial charge is 0.493 e. The quantitative estimate of drug-likeness (QED) is 0.927. The molecule has 0 spiro atoms. The van der Waals surface area contributed by atoms with Crippen LogP contribution in [0.4, 0.5) is 13.2 Å². The number of carboxylic acids is 1. The van der Waals surface area contributed by atoms with Crippen molar-refractivity contribution in [2.24, 2.45) is 0 Å². The number of nitrogens with zero attached hydrogens (tertiary/aromatic N) is 1. The average Bonchev–Trinajstić information content (AvgIpc) is 2.92. The fourth-order valence-corrected chi connectivity index (χ4v) is 2.67. The lowest BCUT2D eigenvalue weighted by Crippen LogP contribution is -2.11. The Morgan fingerprint density at radius 2 is 1.86 bits per heavy atom. The number of hydrogen-bond donors (Lipinski definition) is 1. The molecule has 0 atom stereocenters. The number of thiazole rings is 1. The van der Waals surface area contributed by atoms with E-state index in [0.717, 1.165) is 0 Å². The summed E-state index contributed by atoms with van der Waals surface area (Å²) in [4.78, 5) is 13.5. The van der Waals surface area contributed by atoms with Gasteiger partial charge in [-0.1, -0.05) is 0 Å². The lowest BCUT2D eigenvalue weighted by Gasteiger charge is -2.08. The van der Waals surface area contributed by atoms with Crippen LogP contribution in [0.15, 0.2) is 18.2 Å². The summed E-state index contributed by atoms with van der Waals surface area (Å²) < 4.78 is 48.6. The van der Waals surface area contributed by atoms with Crippen LogP contribution < -0.4 is 9.47 Å². The number of hydrogen-bond acceptors (Lipinski definition) is 5. The van der Waals surface area contributed by atoms with Crippen LogP contribution in [0.3, 0.4) is 0 Å². The Hall–Kier alpha value is -2.29. The summed E-state index contributed by atoms with van der Waals surface area (Å²) >= 11 is 0.453. The number of benzene rings is 1. The highest BCUT2D eigenvalue weighted by Crippen LogP contribution is 2.39. The van der Waals surface area contributed by atoms with Crippen LogP contribution >= 0.6 is 11.3 Å². The smallest absolute Gasteiger partial charge is 0.435 e. The summed E-state index contributed by atoms with van der Waals surface area (Å²) in [6.45, 7) is 0. The van der Waals surface area contributed by atoms with E-state index in [2.05, 4.69) is 4.98 Å². The minimum Gasteiger partial charge on any atom is -0.493 e. The first-order valence-electron chi connectivity index (χ1n) is 5.81. The zero-order chi connectivity index (χ0) is 16.5. The Bertz CT molecular complexity index is 712. The van der Waals surface area contributed by atoms with Gasteiger partial charge in [0.25, 0.3) is 0 Å². The lowest BCUT2D eigenvalue weighted by molar-refractivity contribution is -0.141. The monoisotopic (exact) mass is 333 g/mol. The number of carboxylic acid groups (broad SMARTS) is 1. The molecular weight excluding hydrogens is 323 g/mol. The van der Waals surface area contributed by atoms with Crippen molar-refractivity contribution in [3.63, 3.8) is 0 Å². The molecule has 0 radical (unpaired) electrons. The molecule has 9 heteroatoms. The van der Waals surface area contributed by atoms with Crippen LogP contribution in [-0.4, -0.2) is 30.3 Å². The molecule has 2 aromatic rings. The average molecular weight is 333 g/mol. The van der Waals surface area contributed by atoms with Crippen molar-refractivity contribution in [2.45, 2.75) is 6.18 Å². The molecule has 0 bridgehead atoms. The molecule has 5 nitrogen and oxygen atoms in total. The molecule has 0 aliphatic carbocycles. The van der Waals surface area contributed by atoms with Gasteiger partial charge in [-0.2, -0.15) is 13.2 Å². The van der Waals surface area contributed by atoms with Crippen LogP contribution in [0.5, 0.6) is 11.5 Å². The first-order chi connectivity index (χ1) is 10.3. The molecule has 1 heterocycles. The molecule has 22 heavy (non-hydrogen) atoms. The maximum atomic E-state index is 12.8. The summed E-state index contributed by atoms with van der Waals surface area (Å²) in [5.74, 6) is -0.963. The number of halogens is 3. The van der Waals surface area contributed by atoms with Crippen molar-refractivity contribution < 1.29 is 32.5 Å². The first-order valence-corrected chi connectivity index (χ1v) is 6.63. The van der Waals surface area contributed by atoms with Gasteiger partial charge in [-0.15, -0.1) is 11.3 Å². The highest BCUT2D eigenvalue weighted by atomic mass is 32.1. The molecule has 0 amide bonds. The molecule has 0 aliphatic rings. The Balaban J connectivity index is 2.56. The summed E-state index contributed by atoms with van der Waals surface area (Å²) in [7, 11) is 2.80. The molecule has 0 saturated carbocycles. The topological polar surface area (TPSA) is 68.7 Å². The molecule has 1 N–H and O–H groups in total. The van der Waals surface area contributed by atoms with Crippen LogP contribution in [0.2, 0.25) is 0 Å². The van der Waals surface area contributed by atoms with E-state index < -0.39 is 22.7 Å². The van der Waals surface area contributed by atoms with E-state index in [1.54, 1.807) is 0 Å². The number of aromatic carboxylic acids is 1. The molecule has 0 fully saturated rings. The maximum absolute atomic E-state index is 12.8. The van der Waals surface area contributed by atoms with Crippen molar-refractivity contribution >= 4 is 17.3 Å². The van der Waals surface area contributed by atoms with Gasteiger partial charge in [-0.25, -0.2) is 9.78 Å². The van der Waals surface area contributed by atoms with Crippen molar-refractivity contribution in [3.8, 4) is 22.1 Å². The van der Waals surface area contributed by atoms with Crippen molar-refractivity contribution in [1.29, 1.82) is 0 Å². The summed E-state index contributed by atoms with van der Waals surface area (Å²) in [6, 6.07) is 4.42. The Labute approximate surface area is 126 Å². The van der Waals surface area contributed by atoms with Crippen LogP contribution in [0.25, 0.3) is 10.6 Å². The van der Waals surface area contributed by atoms with Gasteiger partial charge in [0.05, 0.1) is 14.2 Å². The minimum atomic E-state index is -4.83. The molecule has 0 saturated heterocycles. The van der Waals surface area contributed by atoms with Crippen molar-refractivity contribution in [1.82, 2.24) is 4.98 Å². The van der Waals surface area contributed by atoms with Crippen LogP contribution in [0.1, 0.15) is 15.4 Å². The molecule has 118 valence electrons. The Kier molecular flexibility index (Phi) is 4.27. The van der Waals surface area contributed by atoms with Gasteiger partial charge in [0.1, 0.15) is 9.88 Å². The molecule has 0 aliphatic heterocycles. The predicted octanol–water partition coefficient (Wildman–Crippen LogP) is 3.54. The highest BCUT2D eigenvalue weighted by Gasteiger charge is 2.39. The summed E-state index contributed by atoms with van der Waals surface area (Å²) in [5.41, 5.74) is -1.10. The van der Waals surface area contributed by atoms with Gasteiger partial charge in [0.2, 0.25) is 0 Å². The van der Waals surface area contributed by atoms with Gasteiger partial charge in [0, 0.05) is 5.56 Å². The van der Waals surface area contributed by atoms with Crippen molar-refractivity contribution in [3.05, 3.63) is 28.8 Å². The zero-order valence-corrected chi connectivity index (χ0v) is 12.2. The standard InChI is InChI=1S/C13H10F3NO4S/c1-20-7-4-3-6(5-8(7)21-2)11-17-10(13(14,15)16)9(22-11)12(18)19/h3-5H,1-2H3,(H,18,19). The molecular formula is C13H10F3NO4S. The summed E-state index contributed by atoms with van der Waals surface area (Å²) in [5, 5.41) is 8.83. The third-order valence-corrected chi connectivity index (χ3v) is 3.81. The normalized spacial score (nSPS) is 11.3. The Morgan fingerprint density at radius 1 is 1.23 bits per heavy atom. The predicted molar refractivity (Wildman–Crippen MR) is 72.6 cm³/mol. The lowest BCUT2D eigenvalue weighted by atomic mass is 10.2. The molecule has 2 rings (SSSR count). The molecule has 0 unspecified atom stereocenters. The third-order valence-electron chi connectivity index (χ3n) is 2.72. The van der Waals surface area contributed by atoms with Crippen LogP contribution in [-0.2, 0) is 6.18 Å². The third kappa shape index (κ3) is 2.98. The number of rotatable bonds is 4. The molecule has 1 aromatic carbocycles. The van der Waals surface area contributed by atoms with E-state index in [1.807, 2.05) is 0 Å². The van der Waals surface area contributed by atoms with E-state index in [9.17, 15) is 18.0 Å². The van der Waals surface area contributed by atoms with Gasteiger partial charge in [-0.05, 0) is 18.2 Å². The molecule has 1 aromatic heterocycles. The number of ether oxygens (including phenoxy) is 2. The second-order valence-corrected chi connectivity index (χ2v) is 5.07. The van der Waals surface area contributed by atoms with Gasteiger partial charge >= 0.3 is 12.1 Å². The number of methoxy groups -OCH3 is 2. The first kappa shape index (κ1) is 16.1. The summed E-state index contributed by atoms with van der Waals surface area (Å²) in [6.07, 6.45) is -4.83. The van der Waals surface area contributed by atoms with Gasteiger partial charge in [0.15, 0.2) is 17.2 Å². The fourth-order valence-electron chi connectivity index (χ4n) is 1.75. The number of aromatic nitrogens is 1. The fraction of sp³-hybridized carbons (Fsp3) is 0.231. The van der Waals surface area contributed by atoms with Crippen LogP contribution in [0, 0.1) is 0 Å². The van der Waals surface area contributed by atoms with Gasteiger partial charge in [-0.3, -0.25) is 0 Å². The van der Waals surface area contributed by atoms with E-state index >= 15 is 0 Å². The van der Waals surface area contributed by atoms with E-state index in [4.69, 9.17) is 14.6 Å². The Morgan fingerprint density at radius 3 is 2.32 bits per heavy atom.